The maximum absolute atomic E-state index is 9.85. The third-order valence-corrected chi connectivity index (χ3v) is 0. The first-order valence-electron chi connectivity index (χ1n) is 0.507. The summed E-state index contributed by atoms with van der Waals surface area (Å²) in [5.74, 6) is 0. The van der Waals surface area contributed by atoms with E-state index in [1.165, 1.54) is 0 Å². The Morgan fingerprint density at radius 1 is 1.00 bits per heavy atom. The Morgan fingerprint density at radius 3 is 1.00 bits per heavy atom. The molecule has 0 rings (SSSR count). The van der Waals surface area contributed by atoms with Crippen molar-refractivity contribution in [2.45, 2.75) is 0 Å². The van der Waals surface area contributed by atoms with Gasteiger partial charge >= 0.3 is 30.4 Å². The van der Waals surface area contributed by atoms with Crippen LogP contribution in [0.5, 0.6) is 0 Å². The molecule has 0 unspecified atom stereocenters. The van der Waals surface area contributed by atoms with Crippen molar-refractivity contribution >= 4 is 46.4 Å². The minimum absolute atomic E-state index is 0. The maximum atomic E-state index is 9.85. The molecular weight excluding hydrogens is 301 g/mol. The van der Waals surface area contributed by atoms with Crippen molar-refractivity contribution in [3.63, 3.8) is 0 Å². The molecule has 0 spiro atoms. The molecule has 0 heterocycles. The molecule has 0 atom stereocenters. The van der Waals surface area contributed by atoms with Crippen LogP contribution in [0, 0.1) is 0 Å². The summed E-state index contributed by atoms with van der Waals surface area (Å²) < 4.78 is 29.6. The molecular formula is F3Sb2. The van der Waals surface area contributed by atoms with Gasteiger partial charge in [0.25, 0.3) is 0 Å². The van der Waals surface area contributed by atoms with Gasteiger partial charge in [0, 0.05) is 24.4 Å². The summed E-state index contributed by atoms with van der Waals surface area (Å²) >= 11 is -4.95. The fraction of sp³-hybridized carbons (Fsp3) is 0. The Bertz CT molecular complexity index is 9.61. The van der Waals surface area contributed by atoms with Crippen LogP contribution in [0.3, 0.4) is 0 Å². The first kappa shape index (κ1) is 9.66. The van der Waals surface area contributed by atoms with E-state index < -0.39 is 22.0 Å². The Morgan fingerprint density at radius 2 is 1.00 bits per heavy atom. The first-order valence-corrected chi connectivity index (χ1v) is 3.40. The van der Waals surface area contributed by atoms with E-state index in [2.05, 4.69) is 0 Å². The average molecular weight is 301 g/mol. The van der Waals surface area contributed by atoms with Crippen molar-refractivity contribution in [3.05, 3.63) is 0 Å². The molecule has 0 aromatic heterocycles. The van der Waals surface area contributed by atoms with Gasteiger partial charge < -0.3 is 0 Å². The molecule has 0 nitrogen and oxygen atoms in total. The van der Waals surface area contributed by atoms with E-state index in [1.54, 1.807) is 0 Å². The molecule has 5 heteroatoms. The molecule has 0 aromatic rings. The summed E-state index contributed by atoms with van der Waals surface area (Å²) in [6.07, 6.45) is 0. The SMILES string of the molecule is [F][Sb]([F])[F].[Sb]. The summed E-state index contributed by atoms with van der Waals surface area (Å²) in [4.78, 5) is 0. The predicted molar refractivity (Wildman–Crippen MR) is 14.8 cm³/mol. The fourth-order valence-corrected chi connectivity index (χ4v) is 0. The largest absolute Gasteiger partial charge is 0 e. The minimum Gasteiger partial charge on any atom is 0 e. The van der Waals surface area contributed by atoms with Crippen LogP contribution in [0.15, 0.2) is 0 Å². The minimum atomic E-state index is -4.95. The van der Waals surface area contributed by atoms with Gasteiger partial charge in [-0.15, -0.1) is 0 Å². The van der Waals surface area contributed by atoms with Crippen molar-refractivity contribution in [2.24, 2.45) is 0 Å². The Hall–Kier alpha value is 1.43. The van der Waals surface area contributed by atoms with Gasteiger partial charge in [-0.3, -0.25) is 0 Å². The van der Waals surface area contributed by atoms with Crippen LogP contribution in [0.2, 0.25) is 0 Å². The van der Waals surface area contributed by atoms with Gasteiger partial charge in [-0.1, -0.05) is 0 Å². The molecule has 0 aliphatic carbocycles. The van der Waals surface area contributed by atoms with E-state index in [0.717, 1.165) is 0 Å². The summed E-state index contributed by atoms with van der Waals surface area (Å²) in [6, 6.07) is 0. The van der Waals surface area contributed by atoms with Crippen molar-refractivity contribution in [1.82, 2.24) is 0 Å². The van der Waals surface area contributed by atoms with Crippen molar-refractivity contribution in [1.29, 1.82) is 0 Å². The van der Waals surface area contributed by atoms with Gasteiger partial charge in [-0.2, -0.15) is 0 Å². The van der Waals surface area contributed by atoms with Crippen LogP contribution in [0.1, 0.15) is 0 Å². The second-order valence-electron chi connectivity index (χ2n) is 0.192. The van der Waals surface area contributed by atoms with Gasteiger partial charge in [0.15, 0.2) is 0 Å². The number of hydrogen-bond acceptors (Lipinski definition) is 0. The summed E-state index contributed by atoms with van der Waals surface area (Å²) in [5, 5.41) is 0. The second-order valence-corrected chi connectivity index (χ2v) is 1.29. The van der Waals surface area contributed by atoms with E-state index >= 15 is 0 Å². The van der Waals surface area contributed by atoms with Gasteiger partial charge in [-0.05, 0) is 0 Å². The average Bonchev–Trinajstić information content (AvgIpc) is 0.811. The Labute approximate surface area is 54.5 Å². The molecule has 0 N–H and O–H groups in total. The Balaban J connectivity index is 0. The van der Waals surface area contributed by atoms with Crippen molar-refractivity contribution in [3.8, 4) is 0 Å². The molecule has 31 valence electrons. The zero-order chi connectivity index (χ0) is 3.58. The molecule has 0 amide bonds. The summed E-state index contributed by atoms with van der Waals surface area (Å²) in [7, 11) is 0. The van der Waals surface area contributed by atoms with Gasteiger partial charge in [0.05, 0.1) is 0 Å². The standard InChI is InChI=1S/3FH.2Sb/h3*1H;;/q;;;;+3/p-3. The van der Waals surface area contributed by atoms with Crippen LogP contribution in [-0.2, 0) is 0 Å². The second kappa shape index (κ2) is 5.43. The van der Waals surface area contributed by atoms with Crippen LogP contribution in [0.25, 0.3) is 0 Å². The fourth-order valence-electron chi connectivity index (χ4n) is 0. The van der Waals surface area contributed by atoms with Gasteiger partial charge in [0.2, 0.25) is 0 Å². The van der Waals surface area contributed by atoms with Crippen LogP contribution >= 0.6 is 0 Å². The number of halogens is 3. The molecule has 0 saturated heterocycles. The predicted octanol–water partition coefficient (Wildman–Crippen LogP) is 0.499. The molecule has 0 bridgehead atoms. The smallest absolute Gasteiger partial charge is 0 e. The van der Waals surface area contributed by atoms with Crippen LogP contribution < -0.4 is 0 Å². The zero-order valence-corrected chi connectivity index (χ0v) is 7.13. The van der Waals surface area contributed by atoms with E-state index in [4.69, 9.17) is 0 Å². The maximum Gasteiger partial charge on any atom is 0 e. The van der Waals surface area contributed by atoms with Crippen LogP contribution in [0.4, 0.5) is 8.44 Å². The quantitative estimate of drug-likeness (QED) is 0.572. The van der Waals surface area contributed by atoms with Crippen LogP contribution in [-0.4, -0.2) is 46.4 Å². The summed E-state index contributed by atoms with van der Waals surface area (Å²) in [5.41, 5.74) is 0. The van der Waals surface area contributed by atoms with E-state index in [-0.39, 0.29) is 24.4 Å². The van der Waals surface area contributed by atoms with Crippen molar-refractivity contribution in [2.75, 3.05) is 0 Å². The molecule has 3 radical (unpaired) electrons. The topological polar surface area (TPSA) is 0 Å². The third-order valence-electron chi connectivity index (χ3n) is 0. The molecule has 0 aromatic carbocycles. The zero-order valence-electron chi connectivity index (χ0n) is 2.03. The van der Waals surface area contributed by atoms with E-state index in [9.17, 15) is 8.44 Å². The number of hydrogen-bond donors (Lipinski definition) is 0. The molecule has 5 heavy (non-hydrogen) atoms. The first-order chi connectivity index (χ1) is 1.73. The van der Waals surface area contributed by atoms with E-state index in [1.807, 2.05) is 0 Å². The van der Waals surface area contributed by atoms with E-state index in [0.29, 0.717) is 0 Å². The number of rotatable bonds is 0. The van der Waals surface area contributed by atoms with Crippen molar-refractivity contribution < 1.29 is 8.44 Å². The molecule has 0 fully saturated rings. The third kappa shape index (κ3) is 31.3. The molecule has 0 aliphatic rings. The summed E-state index contributed by atoms with van der Waals surface area (Å²) in [6.45, 7) is 0. The van der Waals surface area contributed by atoms with Gasteiger partial charge in [-0.25, -0.2) is 0 Å². The normalized spacial score (nSPS) is 7.20. The monoisotopic (exact) mass is 299 g/mol. The Kier molecular flexibility index (Phi) is 10.5. The van der Waals surface area contributed by atoms with Gasteiger partial charge in [0.1, 0.15) is 0 Å². The molecule has 0 saturated carbocycles. The molecule has 0 aliphatic heterocycles.